The Kier molecular flexibility index (Phi) is 4.03. The summed E-state index contributed by atoms with van der Waals surface area (Å²) >= 11 is 0. The minimum Gasteiger partial charge on any atom is -0.497 e. The van der Waals surface area contributed by atoms with Crippen LogP contribution in [0.3, 0.4) is 0 Å². The summed E-state index contributed by atoms with van der Waals surface area (Å²) in [6.07, 6.45) is -4.68. The van der Waals surface area contributed by atoms with Crippen molar-refractivity contribution in [3.8, 4) is 11.5 Å². The Morgan fingerprint density at radius 2 is 1.67 bits per heavy atom. The van der Waals surface area contributed by atoms with Gasteiger partial charge in [0.15, 0.2) is 0 Å². The van der Waals surface area contributed by atoms with Crippen molar-refractivity contribution in [3.05, 3.63) is 24.3 Å². The van der Waals surface area contributed by atoms with Crippen molar-refractivity contribution in [2.45, 2.75) is 24.6 Å². The lowest BCUT2D eigenvalue weighted by molar-refractivity contribution is -0.242. The second-order valence-electron chi connectivity index (χ2n) is 4.04. The highest BCUT2D eigenvalue weighted by molar-refractivity contribution is 5.31. The van der Waals surface area contributed by atoms with E-state index in [1.807, 2.05) is 0 Å². The van der Waals surface area contributed by atoms with Crippen LogP contribution in [0.25, 0.3) is 0 Å². The van der Waals surface area contributed by atoms with Gasteiger partial charge >= 0.3 is 0 Å². The van der Waals surface area contributed by atoms with E-state index in [2.05, 4.69) is 0 Å². The average molecular weight is 256 g/mol. The van der Waals surface area contributed by atoms with Gasteiger partial charge in [-0.2, -0.15) is 0 Å². The van der Waals surface area contributed by atoms with Crippen LogP contribution in [0.15, 0.2) is 24.3 Å². The van der Waals surface area contributed by atoms with Gasteiger partial charge in [0, 0.05) is 0 Å². The van der Waals surface area contributed by atoms with E-state index < -0.39 is 24.6 Å². The zero-order chi connectivity index (χ0) is 13.1. The lowest BCUT2D eigenvalue weighted by atomic mass is 10.1. The number of rotatable bonds is 3. The molecule has 1 aliphatic heterocycles. The molecule has 0 aromatic heterocycles. The van der Waals surface area contributed by atoms with Gasteiger partial charge in [0.25, 0.3) is 0 Å². The van der Waals surface area contributed by atoms with Gasteiger partial charge in [0.2, 0.25) is 6.29 Å². The fraction of sp³-hybridized carbons (Fsp3) is 0.500. The minimum absolute atomic E-state index is 0.0843. The molecule has 0 bridgehead atoms. The molecule has 100 valence electrons. The van der Waals surface area contributed by atoms with E-state index >= 15 is 0 Å². The van der Waals surface area contributed by atoms with E-state index in [1.165, 1.54) is 0 Å². The number of aliphatic hydroxyl groups is 3. The molecular weight excluding hydrogens is 240 g/mol. The van der Waals surface area contributed by atoms with E-state index in [4.69, 9.17) is 14.2 Å². The third kappa shape index (κ3) is 2.73. The summed E-state index contributed by atoms with van der Waals surface area (Å²) in [4.78, 5) is 0. The van der Waals surface area contributed by atoms with Gasteiger partial charge in [-0.3, -0.25) is 0 Å². The van der Waals surface area contributed by atoms with Crippen molar-refractivity contribution >= 4 is 0 Å². The summed E-state index contributed by atoms with van der Waals surface area (Å²) in [6.45, 7) is -0.0843. The molecule has 0 aliphatic carbocycles. The summed E-state index contributed by atoms with van der Waals surface area (Å²) < 4.78 is 15.5. The molecule has 1 aromatic rings. The molecule has 1 saturated heterocycles. The maximum absolute atomic E-state index is 9.69. The van der Waals surface area contributed by atoms with E-state index in [0.717, 1.165) is 0 Å². The molecule has 2 rings (SSSR count). The third-order valence-corrected chi connectivity index (χ3v) is 2.77. The average Bonchev–Trinajstić information content (AvgIpc) is 2.40. The van der Waals surface area contributed by atoms with Gasteiger partial charge in [0.05, 0.1) is 13.7 Å². The monoisotopic (exact) mass is 256 g/mol. The van der Waals surface area contributed by atoms with Crippen molar-refractivity contribution in [2.75, 3.05) is 13.7 Å². The third-order valence-electron chi connectivity index (χ3n) is 2.77. The second-order valence-corrected chi connectivity index (χ2v) is 4.04. The van der Waals surface area contributed by atoms with Crippen LogP contribution in [-0.2, 0) is 4.74 Å². The molecule has 1 aromatic carbocycles. The zero-order valence-electron chi connectivity index (χ0n) is 9.89. The van der Waals surface area contributed by atoms with Crippen LogP contribution in [0.4, 0.5) is 0 Å². The van der Waals surface area contributed by atoms with Gasteiger partial charge < -0.3 is 29.5 Å². The number of hydrogen-bond donors (Lipinski definition) is 3. The molecule has 0 saturated carbocycles. The summed E-state index contributed by atoms with van der Waals surface area (Å²) in [5.74, 6) is 1.16. The van der Waals surface area contributed by atoms with Crippen LogP contribution in [0.2, 0.25) is 0 Å². The zero-order valence-corrected chi connectivity index (χ0v) is 9.89. The maximum atomic E-state index is 9.69. The Hall–Kier alpha value is -1.34. The van der Waals surface area contributed by atoms with E-state index in [9.17, 15) is 15.3 Å². The first-order valence-corrected chi connectivity index (χ1v) is 5.58. The number of hydrogen-bond acceptors (Lipinski definition) is 6. The smallest absolute Gasteiger partial charge is 0.228 e. The molecule has 6 nitrogen and oxygen atoms in total. The van der Waals surface area contributed by atoms with Crippen molar-refractivity contribution in [1.82, 2.24) is 0 Å². The molecule has 18 heavy (non-hydrogen) atoms. The Bertz CT molecular complexity index is 379. The molecule has 0 spiro atoms. The van der Waals surface area contributed by atoms with Crippen molar-refractivity contribution in [3.63, 3.8) is 0 Å². The molecule has 1 fully saturated rings. The highest BCUT2D eigenvalue weighted by Gasteiger charge is 2.38. The summed E-state index contributed by atoms with van der Waals surface area (Å²) in [5.41, 5.74) is 0. The lowest BCUT2D eigenvalue weighted by Crippen LogP contribution is -2.54. The van der Waals surface area contributed by atoms with E-state index in [0.29, 0.717) is 11.5 Å². The van der Waals surface area contributed by atoms with E-state index in [-0.39, 0.29) is 6.61 Å². The fourth-order valence-corrected chi connectivity index (χ4v) is 1.67. The maximum Gasteiger partial charge on any atom is 0.228 e. The molecule has 1 heterocycles. The summed E-state index contributed by atoms with van der Waals surface area (Å²) in [6, 6.07) is 6.73. The van der Waals surface area contributed by atoms with Gasteiger partial charge in [-0.25, -0.2) is 0 Å². The molecule has 0 unspecified atom stereocenters. The molecular formula is C12H16O6. The van der Waals surface area contributed by atoms with Gasteiger partial charge in [-0.15, -0.1) is 0 Å². The van der Waals surface area contributed by atoms with Gasteiger partial charge in [0.1, 0.15) is 29.8 Å². The number of ether oxygens (including phenoxy) is 3. The van der Waals surface area contributed by atoms with Crippen molar-refractivity contribution in [1.29, 1.82) is 0 Å². The first-order valence-electron chi connectivity index (χ1n) is 5.58. The number of benzene rings is 1. The molecule has 4 atom stereocenters. The second kappa shape index (κ2) is 5.53. The Labute approximate surface area is 104 Å². The van der Waals surface area contributed by atoms with Crippen LogP contribution in [0.1, 0.15) is 0 Å². The highest BCUT2D eigenvalue weighted by Crippen LogP contribution is 2.22. The van der Waals surface area contributed by atoms with Gasteiger partial charge in [-0.05, 0) is 24.3 Å². The molecule has 0 amide bonds. The Balaban J connectivity index is 2.00. The van der Waals surface area contributed by atoms with Crippen LogP contribution < -0.4 is 9.47 Å². The van der Waals surface area contributed by atoms with Crippen LogP contribution in [0.5, 0.6) is 11.5 Å². The predicted octanol–water partition coefficient (Wildman–Crippen LogP) is -0.487. The molecule has 3 N–H and O–H groups in total. The fourth-order valence-electron chi connectivity index (χ4n) is 1.67. The first kappa shape index (κ1) is 13.1. The SMILES string of the molecule is COc1ccc(O[C@@H]2OC[C@@H](O)[C@H](O)[C@H]2O)cc1. The predicted molar refractivity (Wildman–Crippen MR) is 61.4 cm³/mol. The number of aliphatic hydroxyl groups excluding tert-OH is 3. The molecule has 0 radical (unpaired) electrons. The quantitative estimate of drug-likeness (QED) is 0.676. The Morgan fingerprint density at radius 3 is 2.28 bits per heavy atom. The first-order chi connectivity index (χ1) is 8.61. The standard InChI is InChI=1S/C12H16O6/c1-16-7-2-4-8(5-3-7)18-12-11(15)10(14)9(13)6-17-12/h2-5,9-15H,6H2,1H3/t9-,10+,11-,12+/m1/s1. The highest BCUT2D eigenvalue weighted by atomic mass is 16.7. The van der Waals surface area contributed by atoms with Crippen LogP contribution in [-0.4, -0.2) is 53.6 Å². The normalized spacial score (nSPS) is 32.0. The number of methoxy groups -OCH3 is 1. The summed E-state index contributed by atoms with van der Waals surface area (Å²) in [7, 11) is 1.56. The van der Waals surface area contributed by atoms with Crippen molar-refractivity contribution in [2.24, 2.45) is 0 Å². The largest absolute Gasteiger partial charge is 0.497 e. The van der Waals surface area contributed by atoms with Gasteiger partial charge in [-0.1, -0.05) is 0 Å². The minimum atomic E-state index is -1.30. The van der Waals surface area contributed by atoms with Crippen LogP contribution >= 0.6 is 0 Å². The molecule has 6 heteroatoms. The van der Waals surface area contributed by atoms with E-state index in [1.54, 1.807) is 31.4 Å². The topological polar surface area (TPSA) is 88.4 Å². The Morgan fingerprint density at radius 1 is 1.06 bits per heavy atom. The van der Waals surface area contributed by atoms with Crippen LogP contribution in [0, 0.1) is 0 Å². The summed E-state index contributed by atoms with van der Waals surface area (Å²) in [5, 5.41) is 28.5. The lowest BCUT2D eigenvalue weighted by Gasteiger charge is -2.34. The molecule has 1 aliphatic rings. The van der Waals surface area contributed by atoms with Crippen molar-refractivity contribution < 1.29 is 29.5 Å².